The number of likely N-dealkylation sites (tertiary alicyclic amines) is 1. The highest BCUT2D eigenvalue weighted by Crippen LogP contribution is 2.41. The number of ether oxygens (including phenoxy) is 2. The normalized spacial score (nSPS) is 17.6. The lowest BCUT2D eigenvalue weighted by Gasteiger charge is -2.27. The van der Waals surface area contributed by atoms with E-state index in [0.717, 1.165) is 12.8 Å². The second-order valence-electron chi connectivity index (χ2n) is 8.14. The van der Waals surface area contributed by atoms with Gasteiger partial charge in [0.25, 0.3) is 11.7 Å². The van der Waals surface area contributed by atoms with Crippen LogP contribution in [0.4, 0.5) is 0 Å². The smallest absolute Gasteiger partial charge is 0.295 e. The summed E-state index contributed by atoms with van der Waals surface area (Å²) in [4.78, 5) is 33.4. The first-order chi connectivity index (χ1) is 15.9. The summed E-state index contributed by atoms with van der Waals surface area (Å²) < 4.78 is 11.4. The first-order valence-corrected chi connectivity index (χ1v) is 11.0. The van der Waals surface area contributed by atoms with Crippen LogP contribution < -0.4 is 9.47 Å². The van der Waals surface area contributed by atoms with Crippen LogP contribution in [-0.2, 0) is 9.59 Å². The van der Waals surface area contributed by atoms with E-state index in [1.807, 2.05) is 25.1 Å². The van der Waals surface area contributed by atoms with E-state index in [-0.39, 0.29) is 11.3 Å². The number of hydrogen-bond acceptors (Lipinski definition) is 7. The predicted octanol–water partition coefficient (Wildman–Crippen LogP) is 3.25. The molecule has 1 amide bonds. The molecule has 1 aliphatic rings. The summed E-state index contributed by atoms with van der Waals surface area (Å²) in [6.07, 6.45) is 4.98. The summed E-state index contributed by atoms with van der Waals surface area (Å²) in [6.45, 7) is 3.54. The molecule has 0 radical (unpaired) electrons. The molecule has 33 heavy (non-hydrogen) atoms. The Hall–Kier alpha value is -3.39. The van der Waals surface area contributed by atoms with Crippen molar-refractivity contribution in [2.75, 3.05) is 40.9 Å². The lowest BCUT2D eigenvalue weighted by atomic mass is 9.95. The van der Waals surface area contributed by atoms with Crippen molar-refractivity contribution < 1.29 is 24.2 Å². The molecule has 0 bridgehead atoms. The number of aliphatic hydroxyl groups excluding tert-OH is 1. The summed E-state index contributed by atoms with van der Waals surface area (Å²) >= 11 is 0. The van der Waals surface area contributed by atoms with E-state index in [9.17, 15) is 14.7 Å². The number of Topliss-reactive ketones (excluding diaryl/α,β-unsaturated/α-hetero) is 1. The highest BCUT2D eigenvalue weighted by Gasteiger charge is 2.46. The number of unbranched alkanes of at least 4 members (excludes halogenated alkanes) is 1. The van der Waals surface area contributed by atoms with E-state index in [1.54, 1.807) is 31.4 Å². The van der Waals surface area contributed by atoms with Gasteiger partial charge in [0.1, 0.15) is 5.76 Å². The van der Waals surface area contributed by atoms with Gasteiger partial charge in [0, 0.05) is 31.0 Å². The third-order valence-electron chi connectivity index (χ3n) is 5.54. The number of carbonyl (C=O) groups excluding carboxylic acids is 2. The van der Waals surface area contributed by atoms with Gasteiger partial charge < -0.3 is 24.4 Å². The lowest BCUT2D eigenvalue weighted by Crippen LogP contribution is -2.35. The topological polar surface area (TPSA) is 92.2 Å². The maximum Gasteiger partial charge on any atom is 0.295 e. The summed E-state index contributed by atoms with van der Waals surface area (Å²) in [7, 11) is 5.34. The molecule has 1 atom stereocenters. The molecule has 8 heteroatoms. The Kier molecular flexibility index (Phi) is 8.06. The monoisotopic (exact) mass is 453 g/mol. The number of benzene rings is 1. The molecule has 1 aliphatic heterocycles. The van der Waals surface area contributed by atoms with Gasteiger partial charge in [-0.2, -0.15) is 0 Å². The fraction of sp³-hybridized carbons (Fsp3) is 0.400. The second-order valence-corrected chi connectivity index (χ2v) is 8.14. The first-order valence-electron chi connectivity index (χ1n) is 11.0. The molecule has 1 saturated heterocycles. The van der Waals surface area contributed by atoms with Crippen LogP contribution in [0.1, 0.15) is 36.9 Å². The Morgan fingerprint density at radius 2 is 1.88 bits per heavy atom. The van der Waals surface area contributed by atoms with E-state index in [2.05, 4.69) is 11.9 Å². The predicted molar refractivity (Wildman–Crippen MR) is 125 cm³/mol. The number of nitrogens with zero attached hydrogens (tertiary/aromatic N) is 3. The average Bonchev–Trinajstić information content (AvgIpc) is 3.08. The summed E-state index contributed by atoms with van der Waals surface area (Å²) in [6, 6.07) is 7.80. The Bertz CT molecular complexity index is 1020. The minimum atomic E-state index is -0.753. The number of ketones is 1. The zero-order valence-corrected chi connectivity index (χ0v) is 19.6. The van der Waals surface area contributed by atoms with E-state index in [0.29, 0.717) is 42.3 Å². The molecule has 176 valence electrons. The van der Waals surface area contributed by atoms with Gasteiger partial charge in [0.05, 0.1) is 25.3 Å². The fourth-order valence-corrected chi connectivity index (χ4v) is 3.73. The Labute approximate surface area is 194 Å². The van der Waals surface area contributed by atoms with Crippen molar-refractivity contribution in [2.24, 2.45) is 0 Å². The molecule has 1 unspecified atom stereocenters. The zero-order valence-electron chi connectivity index (χ0n) is 19.6. The van der Waals surface area contributed by atoms with Crippen LogP contribution in [0.15, 0.2) is 48.3 Å². The number of rotatable bonds is 10. The maximum absolute atomic E-state index is 13.1. The average molecular weight is 454 g/mol. The molecule has 1 aromatic carbocycles. The van der Waals surface area contributed by atoms with E-state index in [4.69, 9.17) is 9.47 Å². The second kappa shape index (κ2) is 11.0. The molecule has 0 spiro atoms. The Morgan fingerprint density at radius 1 is 1.15 bits per heavy atom. The highest BCUT2D eigenvalue weighted by molar-refractivity contribution is 6.46. The minimum absolute atomic E-state index is 0.0478. The molecule has 1 N–H and O–H groups in total. The van der Waals surface area contributed by atoms with E-state index < -0.39 is 17.7 Å². The van der Waals surface area contributed by atoms with Gasteiger partial charge in [-0.15, -0.1) is 0 Å². The largest absolute Gasteiger partial charge is 0.507 e. The first kappa shape index (κ1) is 24.3. The van der Waals surface area contributed by atoms with Crippen molar-refractivity contribution in [2.45, 2.75) is 25.8 Å². The van der Waals surface area contributed by atoms with Crippen LogP contribution >= 0.6 is 0 Å². The van der Waals surface area contributed by atoms with E-state index in [1.165, 1.54) is 17.3 Å². The van der Waals surface area contributed by atoms with Crippen molar-refractivity contribution in [3.63, 3.8) is 0 Å². The minimum Gasteiger partial charge on any atom is -0.507 e. The Morgan fingerprint density at radius 3 is 2.52 bits per heavy atom. The molecular formula is C25H31N3O5. The van der Waals surface area contributed by atoms with Gasteiger partial charge in [0.2, 0.25) is 0 Å². The van der Waals surface area contributed by atoms with Crippen LogP contribution in [0, 0.1) is 0 Å². The van der Waals surface area contributed by atoms with Crippen LogP contribution in [0.2, 0.25) is 0 Å². The standard InChI is InChI=1S/C25H31N3O5/c1-5-6-15-33-19-8-7-18(16-20(19)32-4)22-21(23(29)17-9-11-26-12-10-17)24(30)25(31)28(22)14-13-27(2)3/h7-12,16,22,29H,5-6,13-15H2,1-4H3. The number of amides is 1. The van der Waals surface area contributed by atoms with E-state index >= 15 is 0 Å². The third kappa shape index (κ3) is 5.34. The van der Waals surface area contributed by atoms with Gasteiger partial charge in [-0.25, -0.2) is 0 Å². The zero-order chi connectivity index (χ0) is 24.0. The van der Waals surface area contributed by atoms with Crippen LogP contribution in [-0.4, -0.2) is 72.5 Å². The van der Waals surface area contributed by atoms with Crippen LogP contribution in [0.3, 0.4) is 0 Å². The van der Waals surface area contributed by atoms with Crippen LogP contribution in [0.5, 0.6) is 11.5 Å². The summed E-state index contributed by atoms with van der Waals surface area (Å²) in [5.74, 6) is -0.481. The molecule has 1 fully saturated rings. The van der Waals surface area contributed by atoms with Crippen molar-refractivity contribution in [3.05, 3.63) is 59.4 Å². The molecular weight excluding hydrogens is 422 g/mol. The van der Waals surface area contributed by atoms with Crippen LogP contribution in [0.25, 0.3) is 5.76 Å². The SMILES string of the molecule is CCCCOc1ccc(C2C(=C(O)c3ccncc3)C(=O)C(=O)N2CCN(C)C)cc1OC. The maximum atomic E-state index is 13.1. The quantitative estimate of drug-likeness (QED) is 0.255. The number of likely N-dealkylation sites (N-methyl/N-ethyl adjacent to an activating group) is 1. The molecule has 0 aliphatic carbocycles. The number of methoxy groups -OCH3 is 1. The molecule has 8 nitrogen and oxygen atoms in total. The highest BCUT2D eigenvalue weighted by atomic mass is 16.5. The van der Waals surface area contributed by atoms with Gasteiger partial charge in [-0.05, 0) is 50.3 Å². The van der Waals surface area contributed by atoms with Gasteiger partial charge in [0.15, 0.2) is 11.5 Å². The van der Waals surface area contributed by atoms with Gasteiger partial charge in [-0.3, -0.25) is 14.6 Å². The molecule has 1 aromatic heterocycles. The molecule has 2 aromatic rings. The van der Waals surface area contributed by atoms with Crippen molar-refractivity contribution in [1.29, 1.82) is 0 Å². The third-order valence-corrected chi connectivity index (χ3v) is 5.54. The Balaban J connectivity index is 2.09. The molecule has 3 rings (SSSR count). The molecule has 0 saturated carbocycles. The summed E-state index contributed by atoms with van der Waals surface area (Å²) in [5, 5.41) is 11.0. The fourth-order valence-electron chi connectivity index (χ4n) is 3.73. The van der Waals surface area contributed by atoms with Crippen molar-refractivity contribution in [3.8, 4) is 11.5 Å². The van der Waals surface area contributed by atoms with Gasteiger partial charge in [-0.1, -0.05) is 19.4 Å². The lowest BCUT2D eigenvalue weighted by molar-refractivity contribution is -0.140. The van der Waals surface area contributed by atoms with Crippen molar-refractivity contribution >= 4 is 17.4 Å². The number of aromatic nitrogens is 1. The summed E-state index contributed by atoms with van der Waals surface area (Å²) in [5.41, 5.74) is 1.13. The van der Waals surface area contributed by atoms with Gasteiger partial charge >= 0.3 is 0 Å². The number of hydrogen-bond donors (Lipinski definition) is 1. The number of carbonyl (C=O) groups is 2. The number of pyridine rings is 1. The number of aliphatic hydroxyl groups is 1. The van der Waals surface area contributed by atoms with Crippen molar-refractivity contribution in [1.82, 2.24) is 14.8 Å². The molecule has 2 heterocycles.